The first-order valence-corrected chi connectivity index (χ1v) is 7.13. The quantitative estimate of drug-likeness (QED) is 0.901. The molecular weight excluding hydrogens is 278 g/mol. The van der Waals surface area contributed by atoms with Crippen molar-refractivity contribution >= 4 is 11.7 Å². The maximum absolute atomic E-state index is 13.5. The molecule has 0 bridgehead atoms. The zero-order valence-corrected chi connectivity index (χ0v) is 12.0. The third kappa shape index (κ3) is 3.91. The lowest BCUT2D eigenvalue weighted by Gasteiger charge is -2.31. The molecule has 0 saturated heterocycles. The number of aliphatic hydroxyl groups excluding tert-OH is 1. The number of carbonyl (C=O) groups is 1. The summed E-state index contributed by atoms with van der Waals surface area (Å²) in [6.07, 6.45) is 3.20. The van der Waals surface area contributed by atoms with Crippen LogP contribution in [0.3, 0.4) is 0 Å². The molecule has 1 saturated carbocycles. The Labute approximate surface area is 122 Å². The van der Waals surface area contributed by atoms with Gasteiger partial charge in [-0.05, 0) is 25.0 Å². The highest BCUT2D eigenvalue weighted by molar-refractivity contribution is 5.89. The fraction of sp³-hybridized carbons (Fsp3) is 0.533. The molecule has 1 aromatic carbocycles. The molecule has 2 N–H and O–H groups in total. The fourth-order valence-corrected chi connectivity index (χ4v) is 2.66. The zero-order chi connectivity index (χ0) is 15.4. The van der Waals surface area contributed by atoms with E-state index >= 15 is 0 Å². The number of rotatable bonds is 3. The van der Waals surface area contributed by atoms with E-state index in [4.69, 9.17) is 0 Å². The molecule has 2 amide bonds. The van der Waals surface area contributed by atoms with E-state index in [0.717, 1.165) is 37.8 Å². The van der Waals surface area contributed by atoms with E-state index in [0.29, 0.717) is 6.54 Å². The second-order valence-electron chi connectivity index (χ2n) is 5.52. The molecular formula is C15H20F2N2O2. The number of halogens is 2. The van der Waals surface area contributed by atoms with Gasteiger partial charge >= 0.3 is 6.03 Å². The van der Waals surface area contributed by atoms with Crippen molar-refractivity contribution < 1.29 is 18.7 Å². The minimum atomic E-state index is -0.811. The van der Waals surface area contributed by atoms with Crippen LogP contribution in [0.2, 0.25) is 0 Å². The van der Waals surface area contributed by atoms with Gasteiger partial charge in [-0.3, -0.25) is 0 Å². The molecule has 2 unspecified atom stereocenters. The third-order valence-electron chi connectivity index (χ3n) is 3.92. The second kappa shape index (κ2) is 6.85. The molecule has 0 heterocycles. The SMILES string of the molecule is CN(CC1CCCCC1O)C(=O)Nc1c(F)cccc1F. The van der Waals surface area contributed by atoms with Crippen LogP contribution in [0.4, 0.5) is 19.3 Å². The van der Waals surface area contributed by atoms with Crippen molar-refractivity contribution in [3.63, 3.8) is 0 Å². The Morgan fingerprint density at radius 3 is 2.57 bits per heavy atom. The van der Waals surface area contributed by atoms with Crippen LogP contribution in [0, 0.1) is 17.6 Å². The predicted molar refractivity (Wildman–Crippen MR) is 76.0 cm³/mol. The average molecular weight is 298 g/mol. The van der Waals surface area contributed by atoms with Gasteiger partial charge in [-0.1, -0.05) is 18.9 Å². The molecule has 0 radical (unpaired) electrons. The molecule has 4 nitrogen and oxygen atoms in total. The molecule has 6 heteroatoms. The van der Waals surface area contributed by atoms with Crippen LogP contribution in [0.5, 0.6) is 0 Å². The molecule has 21 heavy (non-hydrogen) atoms. The summed E-state index contributed by atoms with van der Waals surface area (Å²) < 4.78 is 27.0. The van der Waals surface area contributed by atoms with Gasteiger partial charge in [0.05, 0.1) is 6.10 Å². The zero-order valence-electron chi connectivity index (χ0n) is 12.0. The Bertz CT molecular complexity index is 490. The van der Waals surface area contributed by atoms with Crippen LogP contribution in [0.25, 0.3) is 0 Å². The summed E-state index contributed by atoms with van der Waals surface area (Å²) in [6, 6.07) is 2.83. The van der Waals surface area contributed by atoms with E-state index in [1.165, 1.54) is 11.0 Å². The Morgan fingerprint density at radius 1 is 1.33 bits per heavy atom. The van der Waals surface area contributed by atoms with Crippen LogP contribution in [-0.2, 0) is 0 Å². The number of anilines is 1. The fourth-order valence-electron chi connectivity index (χ4n) is 2.66. The van der Waals surface area contributed by atoms with Crippen molar-refractivity contribution in [1.82, 2.24) is 4.90 Å². The lowest BCUT2D eigenvalue weighted by molar-refractivity contribution is 0.0575. The van der Waals surface area contributed by atoms with Gasteiger partial charge in [0.15, 0.2) is 0 Å². The van der Waals surface area contributed by atoms with E-state index in [9.17, 15) is 18.7 Å². The normalized spacial score (nSPS) is 21.9. The highest BCUT2D eigenvalue weighted by atomic mass is 19.1. The summed E-state index contributed by atoms with van der Waals surface area (Å²) in [5.41, 5.74) is -0.446. The summed E-state index contributed by atoms with van der Waals surface area (Å²) >= 11 is 0. The maximum Gasteiger partial charge on any atom is 0.321 e. The Kier molecular flexibility index (Phi) is 5.12. The molecule has 2 atom stereocenters. The lowest BCUT2D eigenvalue weighted by atomic mass is 9.86. The minimum absolute atomic E-state index is 0.0139. The van der Waals surface area contributed by atoms with Gasteiger partial charge in [0, 0.05) is 19.5 Å². The summed E-state index contributed by atoms with van der Waals surface area (Å²) in [5, 5.41) is 12.1. The van der Waals surface area contributed by atoms with E-state index in [-0.39, 0.29) is 5.92 Å². The number of amides is 2. The van der Waals surface area contributed by atoms with Crippen LogP contribution >= 0.6 is 0 Å². The van der Waals surface area contributed by atoms with E-state index in [1.54, 1.807) is 7.05 Å². The van der Waals surface area contributed by atoms with Gasteiger partial charge in [0.2, 0.25) is 0 Å². The summed E-state index contributed by atoms with van der Waals surface area (Å²) in [4.78, 5) is 13.3. The number of nitrogens with zero attached hydrogens (tertiary/aromatic N) is 1. The number of benzene rings is 1. The topological polar surface area (TPSA) is 52.6 Å². The molecule has 0 spiro atoms. The predicted octanol–water partition coefficient (Wildman–Crippen LogP) is 2.98. The van der Waals surface area contributed by atoms with Crippen molar-refractivity contribution in [2.24, 2.45) is 5.92 Å². The number of aliphatic hydroxyl groups is 1. The molecule has 1 aliphatic carbocycles. The van der Waals surface area contributed by atoms with Crippen molar-refractivity contribution in [1.29, 1.82) is 0 Å². The number of hydrogen-bond acceptors (Lipinski definition) is 2. The highest BCUT2D eigenvalue weighted by Gasteiger charge is 2.26. The monoisotopic (exact) mass is 298 g/mol. The average Bonchev–Trinajstić information content (AvgIpc) is 2.45. The van der Waals surface area contributed by atoms with Gasteiger partial charge < -0.3 is 15.3 Å². The van der Waals surface area contributed by atoms with Crippen molar-refractivity contribution in [2.75, 3.05) is 18.9 Å². The van der Waals surface area contributed by atoms with Crippen LogP contribution in [0.1, 0.15) is 25.7 Å². The van der Waals surface area contributed by atoms with Crippen LogP contribution in [-0.4, -0.2) is 35.7 Å². The molecule has 2 rings (SSSR count). The number of para-hydroxylation sites is 1. The minimum Gasteiger partial charge on any atom is -0.393 e. The Morgan fingerprint density at radius 2 is 1.95 bits per heavy atom. The summed E-state index contributed by atoms with van der Waals surface area (Å²) in [5.74, 6) is -1.61. The standard InChI is InChI=1S/C15H20F2N2O2/c1-19(9-10-5-2-3-8-13(10)20)15(21)18-14-11(16)6-4-7-12(14)17/h4,6-7,10,13,20H,2-3,5,8-9H2,1H3,(H,18,21). The number of nitrogens with one attached hydrogen (secondary N) is 1. The van der Waals surface area contributed by atoms with E-state index in [1.807, 2.05) is 0 Å². The largest absolute Gasteiger partial charge is 0.393 e. The molecule has 0 aliphatic heterocycles. The molecule has 0 aromatic heterocycles. The Balaban J connectivity index is 1.96. The molecule has 1 aromatic rings. The summed E-state index contributed by atoms with van der Waals surface area (Å²) in [7, 11) is 1.55. The number of hydrogen-bond donors (Lipinski definition) is 2. The Hall–Kier alpha value is -1.69. The van der Waals surface area contributed by atoms with Crippen molar-refractivity contribution in [3.8, 4) is 0 Å². The van der Waals surface area contributed by atoms with E-state index < -0.39 is 29.5 Å². The molecule has 1 aliphatic rings. The maximum atomic E-state index is 13.5. The van der Waals surface area contributed by atoms with Gasteiger partial charge in [0.25, 0.3) is 0 Å². The second-order valence-corrected chi connectivity index (χ2v) is 5.52. The first-order valence-electron chi connectivity index (χ1n) is 7.13. The van der Waals surface area contributed by atoms with Gasteiger partial charge in [-0.25, -0.2) is 13.6 Å². The van der Waals surface area contributed by atoms with Crippen molar-refractivity contribution in [2.45, 2.75) is 31.8 Å². The lowest BCUT2D eigenvalue weighted by Crippen LogP contribution is -2.40. The van der Waals surface area contributed by atoms with Crippen LogP contribution < -0.4 is 5.32 Å². The van der Waals surface area contributed by atoms with Gasteiger partial charge in [0.1, 0.15) is 17.3 Å². The van der Waals surface area contributed by atoms with Gasteiger partial charge in [-0.2, -0.15) is 0 Å². The first kappa shape index (κ1) is 15.7. The molecule has 116 valence electrons. The number of carbonyl (C=O) groups excluding carboxylic acids is 1. The first-order chi connectivity index (χ1) is 9.99. The highest BCUT2D eigenvalue weighted by Crippen LogP contribution is 2.25. The van der Waals surface area contributed by atoms with Crippen LogP contribution in [0.15, 0.2) is 18.2 Å². The van der Waals surface area contributed by atoms with Crippen molar-refractivity contribution in [3.05, 3.63) is 29.8 Å². The van der Waals surface area contributed by atoms with Gasteiger partial charge in [-0.15, -0.1) is 0 Å². The number of urea groups is 1. The smallest absolute Gasteiger partial charge is 0.321 e. The molecule has 1 fully saturated rings. The third-order valence-corrected chi connectivity index (χ3v) is 3.92. The summed E-state index contributed by atoms with van der Waals surface area (Å²) in [6.45, 7) is 0.364. The van der Waals surface area contributed by atoms with E-state index in [2.05, 4.69) is 5.32 Å².